The van der Waals surface area contributed by atoms with E-state index >= 15 is 0 Å². The summed E-state index contributed by atoms with van der Waals surface area (Å²) < 4.78 is 16.9. The van der Waals surface area contributed by atoms with Gasteiger partial charge in [0.05, 0.1) is 32.3 Å². The van der Waals surface area contributed by atoms with Crippen molar-refractivity contribution in [3.63, 3.8) is 0 Å². The van der Waals surface area contributed by atoms with Crippen molar-refractivity contribution in [3.05, 3.63) is 23.8 Å². The molecule has 1 heterocycles. The number of aliphatic imine (C=N–C) groups is 1. The minimum absolute atomic E-state index is 0.00374. The summed E-state index contributed by atoms with van der Waals surface area (Å²) in [5.41, 5.74) is 1.09. The topological polar surface area (TPSA) is 72.4 Å². The van der Waals surface area contributed by atoms with Crippen LogP contribution in [0.5, 0.6) is 11.5 Å². The maximum absolute atomic E-state index is 12.0. The molecule has 1 saturated heterocycles. The average Bonchev–Trinajstić information content (AvgIpc) is 3.30. The fraction of sp³-hybridized carbons (Fsp3) is 0.667. The molecule has 2 fully saturated rings. The zero-order chi connectivity index (χ0) is 22.1. The van der Waals surface area contributed by atoms with Gasteiger partial charge in [-0.1, -0.05) is 6.07 Å². The van der Waals surface area contributed by atoms with E-state index in [1.165, 1.54) is 12.8 Å². The van der Waals surface area contributed by atoms with Crippen LogP contribution in [0.15, 0.2) is 23.2 Å². The monoisotopic (exact) mass is 431 g/mol. The largest absolute Gasteiger partial charge is 0.493 e. The van der Waals surface area contributed by atoms with E-state index in [4.69, 9.17) is 19.2 Å². The predicted octanol–water partition coefficient (Wildman–Crippen LogP) is 3.76. The second-order valence-electron chi connectivity index (χ2n) is 8.19. The number of esters is 1. The van der Waals surface area contributed by atoms with E-state index in [1.54, 1.807) is 7.11 Å². The van der Waals surface area contributed by atoms with Crippen LogP contribution in [-0.2, 0) is 16.1 Å². The van der Waals surface area contributed by atoms with Gasteiger partial charge in [0.1, 0.15) is 0 Å². The summed E-state index contributed by atoms with van der Waals surface area (Å²) in [5.74, 6) is 2.39. The van der Waals surface area contributed by atoms with E-state index in [9.17, 15) is 4.79 Å². The number of nitrogens with one attached hydrogen (secondary N) is 1. The van der Waals surface area contributed by atoms with Crippen molar-refractivity contribution >= 4 is 11.9 Å². The van der Waals surface area contributed by atoms with Gasteiger partial charge in [0.2, 0.25) is 0 Å². The maximum atomic E-state index is 12.0. The van der Waals surface area contributed by atoms with E-state index in [-0.39, 0.29) is 18.0 Å². The van der Waals surface area contributed by atoms with Crippen molar-refractivity contribution in [2.24, 2.45) is 10.9 Å². The van der Waals surface area contributed by atoms with Crippen LogP contribution in [0.4, 0.5) is 0 Å². The Kier molecular flexibility index (Phi) is 8.85. The third kappa shape index (κ3) is 6.52. The number of hydrogen-bond acceptors (Lipinski definition) is 5. The first-order valence-electron chi connectivity index (χ1n) is 11.7. The highest BCUT2D eigenvalue weighted by atomic mass is 16.5. The molecule has 2 aliphatic rings. The standard InChI is InChI=1S/C24H37N3O4/c1-4-25-24(27-14-12-19(13-15-27)23(28)30-5-2)26-17-18-10-11-21(29-3)22(16-18)31-20-8-6-7-9-20/h10-11,16,19-20H,4-9,12-15,17H2,1-3H3,(H,25,26). The van der Waals surface area contributed by atoms with E-state index in [1.807, 2.05) is 19.1 Å². The lowest BCUT2D eigenvalue weighted by molar-refractivity contribution is -0.149. The minimum atomic E-state index is -0.0721. The molecule has 1 aliphatic carbocycles. The van der Waals surface area contributed by atoms with Gasteiger partial charge in [0.25, 0.3) is 0 Å². The molecular formula is C24H37N3O4. The van der Waals surface area contributed by atoms with E-state index in [0.717, 1.165) is 68.3 Å². The Morgan fingerprint density at radius 1 is 1.13 bits per heavy atom. The molecule has 3 rings (SSSR count). The third-order valence-corrected chi connectivity index (χ3v) is 5.98. The van der Waals surface area contributed by atoms with E-state index in [0.29, 0.717) is 13.2 Å². The summed E-state index contributed by atoms with van der Waals surface area (Å²) in [6, 6.07) is 6.06. The van der Waals surface area contributed by atoms with Crippen molar-refractivity contribution in [2.45, 2.75) is 65.0 Å². The Labute approximate surface area is 186 Å². The highest BCUT2D eigenvalue weighted by Gasteiger charge is 2.27. The lowest BCUT2D eigenvalue weighted by Gasteiger charge is -2.33. The van der Waals surface area contributed by atoms with Crippen LogP contribution in [0.1, 0.15) is 57.9 Å². The van der Waals surface area contributed by atoms with Crippen LogP contribution >= 0.6 is 0 Å². The molecule has 0 unspecified atom stereocenters. The second-order valence-corrected chi connectivity index (χ2v) is 8.19. The highest BCUT2D eigenvalue weighted by Crippen LogP contribution is 2.32. The van der Waals surface area contributed by atoms with Crippen molar-refractivity contribution in [1.82, 2.24) is 10.2 Å². The van der Waals surface area contributed by atoms with Crippen LogP contribution in [0.3, 0.4) is 0 Å². The lowest BCUT2D eigenvalue weighted by atomic mass is 9.97. The summed E-state index contributed by atoms with van der Waals surface area (Å²) in [4.78, 5) is 19.1. The quantitative estimate of drug-likeness (QED) is 0.384. The van der Waals surface area contributed by atoms with Gasteiger partial charge in [-0.3, -0.25) is 4.79 Å². The maximum Gasteiger partial charge on any atom is 0.309 e. The molecule has 1 aromatic carbocycles. The van der Waals surface area contributed by atoms with Gasteiger partial charge in [-0.15, -0.1) is 0 Å². The Morgan fingerprint density at radius 3 is 2.52 bits per heavy atom. The average molecular weight is 432 g/mol. The molecule has 31 heavy (non-hydrogen) atoms. The number of benzene rings is 1. The number of methoxy groups -OCH3 is 1. The molecule has 0 aromatic heterocycles. The molecule has 172 valence electrons. The Hall–Kier alpha value is -2.44. The van der Waals surface area contributed by atoms with Crippen molar-refractivity contribution in [1.29, 1.82) is 0 Å². The predicted molar refractivity (Wildman–Crippen MR) is 122 cm³/mol. The smallest absolute Gasteiger partial charge is 0.309 e. The third-order valence-electron chi connectivity index (χ3n) is 5.98. The van der Waals surface area contributed by atoms with Crippen LogP contribution < -0.4 is 14.8 Å². The van der Waals surface area contributed by atoms with E-state index < -0.39 is 0 Å². The van der Waals surface area contributed by atoms with Crippen molar-refractivity contribution in [3.8, 4) is 11.5 Å². The number of ether oxygens (including phenoxy) is 3. The Morgan fingerprint density at radius 2 is 1.87 bits per heavy atom. The van der Waals surface area contributed by atoms with Crippen LogP contribution in [0, 0.1) is 5.92 Å². The molecule has 7 heteroatoms. The fourth-order valence-corrected chi connectivity index (χ4v) is 4.28. The first kappa shape index (κ1) is 23.2. The van der Waals surface area contributed by atoms with Gasteiger partial charge in [-0.2, -0.15) is 0 Å². The second kappa shape index (κ2) is 11.8. The number of guanidine groups is 1. The Balaban J connectivity index is 1.64. The molecule has 1 saturated carbocycles. The van der Waals surface area contributed by atoms with Gasteiger partial charge in [0, 0.05) is 19.6 Å². The summed E-state index contributed by atoms with van der Waals surface area (Å²) in [5, 5.41) is 3.39. The zero-order valence-electron chi connectivity index (χ0n) is 19.2. The summed E-state index contributed by atoms with van der Waals surface area (Å²) in [6.07, 6.45) is 6.56. The number of likely N-dealkylation sites (tertiary alicyclic amines) is 1. The Bertz CT molecular complexity index is 738. The van der Waals surface area contributed by atoms with Crippen molar-refractivity contribution < 1.29 is 19.0 Å². The first-order chi connectivity index (χ1) is 15.1. The molecule has 1 aromatic rings. The van der Waals surface area contributed by atoms with Gasteiger partial charge in [-0.05, 0) is 70.1 Å². The van der Waals surface area contributed by atoms with Crippen LogP contribution in [0.25, 0.3) is 0 Å². The first-order valence-corrected chi connectivity index (χ1v) is 11.7. The van der Waals surface area contributed by atoms with Crippen LogP contribution in [0.2, 0.25) is 0 Å². The molecule has 0 bridgehead atoms. The number of carbonyl (C=O) groups excluding carboxylic acids is 1. The van der Waals surface area contributed by atoms with Gasteiger partial charge >= 0.3 is 5.97 Å². The zero-order valence-corrected chi connectivity index (χ0v) is 19.2. The van der Waals surface area contributed by atoms with E-state index in [2.05, 4.69) is 23.2 Å². The number of carbonyl (C=O) groups is 1. The lowest BCUT2D eigenvalue weighted by Crippen LogP contribution is -2.46. The molecule has 1 N–H and O–H groups in total. The number of nitrogens with zero attached hydrogens (tertiary/aromatic N) is 2. The number of rotatable bonds is 8. The normalized spacial score (nSPS) is 18.2. The molecule has 0 spiro atoms. The molecule has 0 amide bonds. The summed E-state index contributed by atoms with van der Waals surface area (Å²) >= 11 is 0. The van der Waals surface area contributed by atoms with Crippen LogP contribution in [-0.4, -0.2) is 56.3 Å². The summed E-state index contributed by atoms with van der Waals surface area (Å²) in [6.45, 7) is 7.33. The molecule has 1 aliphatic heterocycles. The summed E-state index contributed by atoms with van der Waals surface area (Å²) in [7, 11) is 1.68. The molecule has 0 atom stereocenters. The minimum Gasteiger partial charge on any atom is -0.493 e. The molecular weight excluding hydrogens is 394 g/mol. The fourth-order valence-electron chi connectivity index (χ4n) is 4.28. The number of piperidine rings is 1. The molecule has 7 nitrogen and oxygen atoms in total. The molecule has 0 radical (unpaired) electrons. The van der Waals surface area contributed by atoms with Crippen molar-refractivity contribution in [2.75, 3.05) is 33.4 Å². The van der Waals surface area contributed by atoms with Gasteiger partial charge < -0.3 is 24.4 Å². The number of hydrogen-bond donors (Lipinski definition) is 1. The SMILES string of the molecule is CCNC(=NCc1ccc(OC)c(OC2CCCC2)c1)N1CCC(C(=O)OCC)CC1. The van der Waals surface area contributed by atoms with Gasteiger partial charge in [0.15, 0.2) is 17.5 Å². The highest BCUT2D eigenvalue weighted by molar-refractivity contribution is 5.80. The van der Waals surface area contributed by atoms with Gasteiger partial charge in [-0.25, -0.2) is 4.99 Å².